The van der Waals surface area contributed by atoms with Gasteiger partial charge in [-0.2, -0.15) is 0 Å². The number of thioether (sulfide) groups is 1. The third-order valence-corrected chi connectivity index (χ3v) is 6.83. The first kappa shape index (κ1) is 14.3. The third-order valence-electron chi connectivity index (χ3n) is 2.50. The lowest BCUT2D eigenvalue weighted by Crippen LogP contribution is -2.25. The molecule has 4 nitrogen and oxygen atoms in total. The fourth-order valence-electron chi connectivity index (χ4n) is 1.55. The van der Waals surface area contributed by atoms with Crippen LogP contribution in [0.15, 0.2) is 18.2 Å². The van der Waals surface area contributed by atoms with Gasteiger partial charge in [0.25, 0.3) is 0 Å². The zero-order valence-electron chi connectivity index (χ0n) is 9.68. The molecule has 0 spiro atoms. The fraction of sp³-hybridized carbons (Fsp3) is 0.300. The number of anilines is 1. The van der Waals surface area contributed by atoms with Gasteiger partial charge in [0.2, 0.25) is 0 Å². The summed E-state index contributed by atoms with van der Waals surface area (Å²) in [5.41, 5.74) is 1.61. The van der Waals surface area contributed by atoms with Crippen molar-refractivity contribution in [3.8, 4) is 0 Å². The van der Waals surface area contributed by atoms with Crippen molar-refractivity contribution in [3.63, 3.8) is 0 Å². The van der Waals surface area contributed by atoms with E-state index >= 15 is 0 Å². The predicted molar refractivity (Wildman–Crippen MR) is 79.8 cm³/mol. The van der Waals surface area contributed by atoms with E-state index in [-0.39, 0.29) is 0 Å². The molecule has 1 aliphatic rings. The average molecular weight is 324 g/mol. The molecule has 0 aromatic heterocycles. The van der Waals surface area contributed by atoms with Crippen molar-refractivity contribution < 1.29 is 13.6 Å². The Kier molecular flexibility index (Phi) is 4.36. The first-order valence-electron chi connectivity index (χ1n) is 4.98. The van der Waals surface area contributed by atoms with Crippen molar-refractivity contribution in [2.75, 3.05) is 19.5 Å². The largest absolute Gasteiger partial charge is 0.363 e. The molecule has 0 amide bonds. The summed E-state index contributed by atoms with van der Waals surface area (Å²) in [6.07, 6.45) is 0. The highest BCUT2D eigenvalue weighted by atomic mass is 35.5. The van der Waals surface area contributed by atoms with Crippen LogP contribution in [-0.4, -0.2) is 23.5 Å². The molecule has 0 saturated heterocycles. The van der Waals surface area contributed by atoms with E-state index in [0.717, 1.165) is 11.3 Å². The molecule has 1 atom stereocenters. The van der Waals surface area contributed by atoms with Crippen molar-refractivity contribution in [1.29, 1.82) is 0 Å². The third kappa shape index (κ3) is 2.59. The summed E-state index contributed by atoms with van der Waals surface area (Å²) in [6, 6.07) is 5.32. The zero-order chi connectivity index (χ0) is 13.3. The number of halogens is 1. The van der Waals surface area contributed by atoms with Crippen LogP contribution < -0.4 is 5.32 Å². The maximum atomic E-state index is 12.3. The van der Waals surface area contributed by atoms with Crippen LogP contribution in [-0.2, 0) is 13.6 Å². The van der Waals surface area contributed by atoms with Crippen molar-refractivity contribution in [3.05, 3.63) is 28.8 Å². The molecule has 1 aliphatic heterocycles. The summed E-state index contributed by atoms with van der Waals surface area (Å²) in [7, 11) is -0.522. The topological polar surface area (TPSA) is 47.6 Å². The maximum Gasteiger partial charge on any atom is 0.362 e. The van der Waals surface area contributed by atoms with Gasteiger partial charge >= 0.3 is 7.60 Å². The molecule has 0 radical (unpaired) electrons. The molecule has 1 N–H and O–H groups in total. The normalized spacial score (nSPS) is 19.3. The number of hydrogen-bond acceptors (Lipinski definition) is 6. The Hall–Kier alpha value is -0.100. The Morgan fingerprint density at radius 1 is 1.44 bits per heavy atom. The van der Waals surface area contributed by atoms with E-state index in [0.29, 0.717) is 9.22 Å². The van der Waals surface area contributed by atoms with E-state index in [9.17, 15) is 4.57 Å². The smallest absolute Gasteiger partial charge is 0.362 e. The summed E-state index contributed by atoms with van der Waals surface area (Å²) in [5, 5.41) is 3.16. The summed E-state index contributed by atoms with van der Waals surface area (Å²) < 4.78 is 22.9. The molecular formula is C10H11ClNO3PS2. The molecule has 0 fully saturated rings. The highest BCUT2D eigenvalue weighted by Gasteiger charge is 2.39. The Balaban J connectivity index is 2.37. The lowest BCUT2D eigenvalue weighted by molar-refractivity contribution is 0.275. The first-order valence-corrected chi connectivity index (χ1v) is 8.26. The number of benzene rings is 1. The quantitative estimate of drug-likeness (QED) is 0.671. The van der Waals surface area contributed by atoms with Gasteiger partial charge < -0.3 is 14.4 Å². The molecule has 0 aliphatic carbocycles. The number of hydrogen-bond donors (Lipinski definition) is 1. The van der Waals surface area contributed by atoms with E-state index in [1.54, 1.807) is 18.2 Å². The van der Waals surface area contributed by atoms with Gasteiger partial charge in [-0.25, -0.2) is 0 Å². The first-order chi connectivity index (χ1) is 8.50. The molecular weight excluding hydrogens is 313 g/mol. The molecule has 98 valence electrons. The molecule has 2 rings (SSSR count). The molecule has 1 aromatic rings. The lowest BCUT2D eigenvalue weighted by Gasteiger charge is -2.30. The monoisotopic (exact) mass is 323 g/mol. The molecule has 18 heavy (non-hydrogen) atoms. The highest BCUT2D eigenvalue weighted by Crippen LogP contribution is 2.58. The second kappa shape index (κ2) is 5.49. The van der Waals surface area contributed by atoms with Crippen molar-refractivity contribution >= 4 is 53.1 Å². The van der Waals surface area contributed by atoms with E-state index in [2.05, 4.69) is 5.32 Å². The van der Waals surface area contributed by atoms with E-state index in [4.69, 9.17) is 32.9 Å². The van der Waals surface area contributed by atoms with Gasteiger partial charge in [0, 0.05) is 30.5 Å². The van der Waals surface area contributed by atoms with Crippen molar-refractivity contribution in [1.82, 2.24) is 0 Å². The summed E-state index contributed by atoms with van der Waals surface area (Å²) in [4.78, 5) is 0. The average Bonchev–Trinajstić information content (AvgIpc) is 2.38. The van der Waals surface area contributed by atoms with Crippen LogP contribution in [0, 0.1) is 0 Å². The second-order valence-electron chi connectivity index (χ2n) is 3.50. The van der Waals surface area contributed by atoms with Gasteiger partial charge in [-0.3, -0.25) is 4.57 Å². The molecule has 1 heterocycles. The van der Waals surface area contributed by atoms with E-state index in [1.165, 1.54) is 26.0 Å². The van der Waals surface area contributed by atoms with Gasteiger partial charge in [-0.1, -0.05) is 35.6 Å². The summed E-state index contributed by atoms with van der Waals surface area (Å²) in [5.74, 6) is 0. The summed E-state index contributed by atoms with van der Waals surface area (Å²) in [6.45, 7) is 0. The van der Waals surface area contributed by atoms with E-state index in [1.807, 2.05) is 0 Å². The minimum absolute atomic E-state index is 0.548. The van der Waals surface area contributed by atoms with Crippen molar-refractivity contribution in [2.45, 2.75) is 5.11 Å². The Morgan fingerprint density at radius 2 is 2.11 bits per heavy atom. The minimum atomic E-state index is -3.23. The Bertz CT molecular complexity index is 532. The number of rotatable bonds is 3. The predicted octanol–water partition coefficient (Wildman–Crippen LogP) is 3.94. The Labute approximate surface area is 120 Å². The van der Waals surface area contributed by atoms with Gasteiger partial charge in [-0.05, 0) is 18.2 Å². The molecule has 1 aromatic carbocycles. The second-order valence-corrected chi connectivity index (χ2v) is 8.39. The molecule has 8 heteroatoms. The van der Waals surface area contributed by atoms with Gasteiger partial charge in [-0.15, -0.1) is 0 Å². The SMILES string of the molecule is COP(=O)(OC)C1Nc2ccc(Cl)cc2C(=S)S1. The molecule has 0 saturated carbocycles. The molecule has 1 unspecified atom stereocenters. The maximum absolute atomic E-state index is 12.3. The van der Waals surface area contributed by atoms with Gasteiger partial charge in [0.05, 0.1) is 4.20 Å². The van der Waals surface area contributed by atoms with Crippen molar-refractivity contribution in [2.24, 2.45) is 0 Å². The standard InChI is InChI=1S/C10H11ClNO3PS2/c1-14-16(13,15-2)10-12-8-4-3-6(11)5-7(8)9(17)18-10/h3-5,10,12H,1-2H3. The van der Waals surface area contributed by atoms with Crippen LogP contribution >= 0.6 is 43.2 Å². The van der Waals surface area contributed by atoms with E-state index < -0.39 is 12.7 Å². The summed E-state index contributed by atoms with van der Waals surface area (Å²) >= 11 is 12.5. The van der Waals surface area contributed by atoms with Crippen LogP contribution in [0.2, 0.25) is 5.02 Å². The molecule has 0 bridgehead atoms. The highest BCUT2D eigenvalue weighted by molar-refractivity contribution is 8.26. The number of thiocarbonyl (C=S) groups is 1. The van der Waals surface area contributed by atoms with Crippen LogP contribution in [0.5, 0.6) is 0 Å². The zero-order valence-corrected chi connectivity index (χ0v) is 13.0. The van der Waals surface area contributed by atoms with Crippen LogP contribution in [0.1, 0.15) is 5.56 Å². The van der Waals surface area contributed by atoms with Gasteiger partial charge in [0.15, 0.2) is 5.11 Å². The number of nitrogens with one attached hydrogen (secondary N) is 1. The van der Waals surface area contributed by atoms with Crippen LogP contribution in [0.25, 0.3) is 0 Å². The van der Waals surface area contributed by atoms with Crippen LogP contribution in [0.4, 0.5) is 5.69 Å². The number of fused-ring (bicyclic) bond motifs is 1. The fourth-order valence-corrected chi connectivity index (χ4v) is 5.25. The minimum Gasteiger partial charge on any atom is -0.363 e. The Morgan fingerprint density at radius 3 is 2.72 bits per heavy atom. The lowest BCUT2D eigenvalue weighted by atomic mass is 10.2. The van der Waals surface area contributed by atoms with Crippen LogP contribution in [0.3, 0.4) is 0 Å². The van der Waals surface area contributed by atoms with Gasteiger partial charge in [0.1, 0.15) is 0 Å².